The van der Waals surface area contributed by atoms with Crippen LogP contribution in [0, 0.1) is 11.6 Å². The number of aromatic amines is 1. The van der Waals surface area contributed by atoms with Crippen LogP contribution in [0.3, 0.4) is 0 Å². The minimum Gasteiger partial charge on any atom is -0.368 e. The maximum Gasteiger partial charge on any atom is 0.328 e. The number of carbonyl (C=O) groups is 4. The van der Waals surface area contributed by atoms with Crippen LogP contribution in [-0.4, -0.2) is 122 Å². The lowest BCUT2D eigenvalue weighted by Crippen LogP contribution is -2.51. The van der Waals surface area contributed by atoms with Gasteiger partial charge in [-0.15, -0.1) is 0 Å². The number of imide groups is 1. The van der Waals surface area contributed by atoms with Crippen LogP contribution in [-0.2, 0) is 19.8 Å². The van der Waals surface area contributed by atoms with Gasteiger partial charge in [-0.1, -0.05) is 24.3 Å². The van der Waals surface area contributed by atoms with Crippen LogP contribution >= 0.6 is 0 Å². The van der Waals surface area contributed by atoms with E-state index < -0.39 is 44.9 Å². The number of pyridine rings is 1. The molecule has 4 aliphatic rings. The summed E-state index contributed by atoms with van der Waals surface area (Å²) in [7, 11) is -4.09. The molecule has 0 unspecified atom stereocenters. The van der Waals surface area contributed by atoms with Crippen molar-refractivity contribution in [1.29, 1.82) is 0 Å². The van der Waals surface area contributed by atoms with E-state index in [0.29, 0.717) is 74.6 Å². The molecule has 0 saturated carbocycles. The van der Waals surface area contributed by atoms with Crippen LogP contribution in [0.25, 0.3) is 22.2 Å². The Balaban J connectivity index is 0.790. The number of ketones is 1. The van der Waals surface area contributed by atoms with Gasteiger partial charge < -0.3 is 14.8 Å². The van der Waals surface area contributed by atoms with Crippen molar-refractivity contribution >= 4 is 61.9 Å². The second kappa shape index (κ2) is 17.5. The highest BCUT2D eigenvalue weighted by molar-refractivity contribution is 7.90. The molecule has 2 aromatic heterocycles. The van der Waals surface area contributed by atoms with Gasteiger partial charge in [-0.25, -0.2) is 18.6 Å². The van der Waals surface area contributed by atoms with E-state index in [1.54, 1.807) is 17.2 Å². The molecule has 18 heteroatoms. The SMILES string of the molecule is O=C1CCN(c2cccc(C3CCN(CC(=O)N4CCN(c5ccc(-c6cnc7[nH]cc(C(=O)c8c(F)ccc(NS(=O)(=O)N9CCCC9)c8F)c7c6)cc5)CC4)CC3)c2)C(=O)N1. The highest BCUT2D eigenvalue weighted by Crippen LogP contribution is 2.33. The molecule has 6 heterocycles. The van der Waals surface area contributed by atoms with E-state index in [1.165, 1.54) is 10.5 Å². The van der Waals surface area contributed by atoms with Gasteiger partial charge in [0.05, 0.1) is 17.8 Å². The topological polar surface area (TPSA) is 171 Å². The Labute approximate surface area is 363 Å². The largest absolute Gasteiger partial charge is 0.368 e. The molecule has 4 aliphatic heterocycles. The first-order chi connectivity index (χ1) is 30.4. The van der Waals surface area contributed by atoms with Crippen molar-refractivity contribution in [2.24, 2.45) is 0 Å². The van der Waals surface area contributed by atoms with Crippen LogP contribution in [0.15, 0.2) is 79.1 Å². The fourth-order valence-electron chi connectivity index (χ4n) is 9.01. The number of nitrogens with zero attached hydrogens (tertiary/aromatic N) is 6. The highest BCUT2D eigenvalue weighted by Gasteiger charge is 2.31. The molecular weight excluding hydrogens is 833 g/mol. The van der Waals surface area contributed by atoms with Crippen LogP contribution < -0.4 is 19.8 Å². The number of H-pyrrole nitrogens is 1. The molecule has 9 rings (SSSR count). The Kier molecular flexibility index (Phi) is 11.7. The summed E-state index contributed by atoms with van der Waals surface area (Å²) in [6.45, 7) is 5.43. The molecule has 15 nitrogen and oxygen atoms in total. The van der Waals surface area contributed by atoms with Gasteiger partial charge in [0.25, 0.3) is 0 Å². The Bertz CT molecular complexity index is 2690. The van der Waals surface area contributed by atoms with E-state index in [4.69, 9.17) is 0 Å². The van der Waals surface area contributed by atoms with Gasteiger partial charge in [-0.2, -0.15) is 12.7 Å². The Morgan fingerprint density at radius 3 is 2.30 bits per heavy atom. The standard InChI is InChI=1S/C45H47F2N9O6S/c46-37-10-11-38(51-63(61,62)55-15-1-2-16-55)42(47)41(37)43(59)36-27-49-44-35(36)25-32(26-48-44)29-6-8-33(9-7-29)53-20-22-54(23-21-53)40(58)28-52-17-12-30(13-18-52)31-4-3-5-34(24-31)56-19-14-39(57)50-45(56)60/h3-11,24-27,30,51H,1-2,12-23,28H2,(H,48,49)(H,50,57,60). The van der Waals surface area contributed by atoms with E-state index in [1.807, 2.05) is 47.4 Å². The van der Waals surface area contributed by atoms with Crippen molar-refractivity contribution in [3.05, 3.63) is 107 Å². The van der Waals surface area contributed by atoms with Crippen molar-refractivity contribution in [1.82, 2.24) is 29.4 Å². The summed E-state index contributed by atoms with van der Waals surface area (Å²) in [5.41, 5.74) is 3.35. The number of anilines is 3. The fourth-order valence-corrected chi connectivity index (χ4v) is 10.3. The number of rotatable bonds is 11. The summed E-state index contributed by atoms with van der Waals surface area (Å²) < 4.78 is 59.9. The third kappa shape index (κ3) is 8.74. The summed E-state index contributed by atoms with van der Waals surface area (Å²) in [5.74, 6) is -3.21. The molecule has 5 aromatic rings. The molecule has 4 amide bonds. The van der Waals surface area contributed by atoms with Gasteiger partial charge in [0.15, 0.2) is 5.82 Å². The van der Waals surface area contributed by atoms with Gasteiger partial charge in [0, 0.05) is 92.5 Å². The van der Waals surface area contributed by atoms with Gasteiger partial charge in [-0.05, 0) is 98.3 Å². The molecule has 3 N–H and O–H groups in total. The number of hydrogen-bond donors (Lipinski definition) is 3. The summed E-state index contributed by atoms with van der Waals surface area (Å²) >= 11 is 0. The molecule has 4 fully saturated rings. The number of hydrogen-bond acceptors (Lipinski definition) is 9. The van der Waals surface area contributed by atoms with Gasteiger partial charge >= 0.3 is 16.2 Å². The predicted octanol–water partition coefficient (Wildman–Crippen LogP) is 5.47. The van der Waals surface area contributed by atoms with E-state index in [-0.39, 0.29) is 36.9 Å². The highest BCUT2D eigenvalue weighted by atomic mass is 32.2. The maximum absolute atomic E-state index is 15.7. The Morgan fingerprint density at radius 1 is 0.825 bits per heavy atom. The first-order valence-electron chi connectivity index (χ1n) is 21.3. The lowest BCUT2D eigenvalue weighted by molar-refractivity contribution is -0.133. The van der Waals surface area contributed by atoms with Crippen molar-refractivity contribution in [3.63, 3.8) is 0 Å². The Morgan fingerprint density at radius 2 is 1.57 bits per heavy atom. The van der Waals surface area contributed by atoms with Crippen LogP contribution in [0.4, 0.5) is 30.6 Å². The summed E-state index contributed by atoms with van der Waals surface area (Å²) in [6, 6.07) is 19.0. The second-order valence-corrected chi connectivity index (χ2v) is 18.1. The zero-order chi connectivity index (χ0) is 43.8. The molecule has 4 saturated heterocycles. The zero-order valence-electron chi connectivity index (χ0n) is 34.5. The molecule has 0 spiro atoms. The average molecular weight is 880 g/mol. The van der Waals surface area contributed by atoms with Crippen molar-refractivity contribution in [2.45, 2.75) is 38.0 Å². The van der Waals surface area contributed by atoms with E-state index in [9.17, 15) is 27.6 Å². The number of urea groups is 1. The smallest absolute Gasteiger partial charge is 0.328 e. The summed E-state index contributed by atoms with van der Waals surface area (Å²) in [5, 5.41) is 2.73. The third-order valence-electron chi connectivity index (χ3n) is 12.6. The number of piperidine rings is 1. The lowest BCUT2D eigenvalue weighted by Gasteiger charge is -2.38. The summed E-state index contributed by atoms with van der Waals surface area (Å²) in [6.07, 6.45) is 6.42. The minimum atomic E-state index is -4.09. The second-order valence-electron chi connectivity index (χ2n) is 16.5. The van der Waals surface area contributed by atoms with E-state index >= 15 is 8.78 Å². The first-order valence-corrected chi connectivity index (χ1v) is 22.7. The molecule has 0 atom stereocenters. The molecule has 0 aliphatic carbocycles. The molecule has 63 heavy (non-hydrogen) atoms. The van der Waals surface area contributed by atoms with Gasteiger partial charge in [0.2, 0.25) is 17.6 Å². The number of carbonyl (C=O) groups excluding carboxylic acids is 4. The van der Waals surface area contributed by atoms with Crippen molar-refractivity contribution in [2.75, 3.05) is 80.0 Å². The predicted molar refractivity (Wildman–Crippen MR) is 234 cm³/mol. The lowest BCUT2D eigenvalue weighted by atomic mass is 9.89. The quantitative estimate of drug-likeness (QED) is 0.146. The zero-order valence-corrected chi connectivity index (χ0v) is 35.3. The number of likely N-dealkylation sites (tertiary alicyclic amines) is 1. The molecule has 0 bridgehead atoms. The fraction of sp³-hybridized carbons (Fsp3) is 0.356. The summed E-state index contributed by atoms with van der Waals surface area (Å²) in [4.78, 5) is 66.5. The number of fused-ring (bicyclic) bond motifs is 1. The number of benzene rings is 3. The third-order valence-corrected chi connectivity index (χ3v) is 14.1. The molecule has 328 valence electrons. The van der Waals surface area contributed by atoms with Crippen molar-refractivity contribution in [3.8, 4) is 11.1 Å². The van der Waals surface area contributed by atoms with Crippen molar-refractivity contribution < 1.29 is 36.4 Å². The van der Waals surface area contributed by atoms with Crippen LogP contribution in [0.2, 0.25) is 0 Å². The Hall–Kier alpha value is -6.24. The number of piperazine rings is 1. The van der Waals surface area contributed by atoms with E-state index in [2.05, 4.69) is 35.9 Å². The molecule has 0 radical (unpaired) electrons. The number of amides is 4. The minimum absolute atomic E-state index is 0.0157. The average Bonchev–Trinajstić information content (AvgIpc) is 4.00. The first kappa shape index (κ1) is 42.1. The monoisotopic (exact) mass is 879 g/mol. The molecular formula is C45H47F2N9O6S. The number of halogens is 2. The van der Waals surface area contributed by atoms with Crippen LogP contribution in [0.1, 0.15) is 59.5 Å². The number of aromatic nitrogens is 2. The maximum atomic E-state index is 15.7. The van der Waals surface area contributed by atoms with E-state index in [0.717, 1.165) is 60.6 Å². The normalized spacial score (nSPS) is 18.3. The van der Waals surface area contributed by atoms with Gasteiger partial charge in [0.1, 0.15) is 11.5 Å². The van der Waals surface area contributed by atoms with Crippen LogP contribution in [0.5, 0.6) is 0 Å². The number of nitrogens with one attached hydrogen (secondary N) is 3. The molecule has 3 aromatic carbocycles. The van der Waals surface area contributed by atoms with Gasteiger partial charge in [-0.3, -0.25) is 34.2 Å².